The van der Waals surface area contributed by atoms with Gasteiger partial charge in [0.25, 0.3) is 0 Å². The van der Waals surface area contributed by atoms with Crippen LogP contribution in [0.25, 0.3) is 0 Å². The zero-order chi connectivity index (χ0) is 15.2. The number of aryl methyl sites for hydroxylation is 1. The second-order valence-electron chi connectivity index (χ2n) is 4.95. The minimum atomic E-state index is 0.860. The van der Waals surface area contributed by atoms with E-state index < -0.39 is 0 Å². The van der Waals surface area contributed by atoms with Crippen LogP contribution in [0.3, 0.4) is 0 Å². The number of hydrogen-bond donors (Lipinski definition) is 0. The van der Waals surface area contributed by atoms with Crippen LogP contribution < -0.4 is 0 Å². The van der Waals surface area contributed by atoms with Crippen LogP contribution in [0.2, 0.25) is 0 Å². The van der Waals surface area contributed by atoms with Gasteiger partial charge in [-0.05, 0) is 49.4 Å². The Bertz CT molecular complexity index is 765. The molecule has 0 saturated heterocycles. The normalized spacial score (nSPS) is 11.0. The Morgan fingerprint density at radius 3 is 2.09 bits per heavy atom. The van der Waals surface area contributed by atoms with Gasteiger partial charge in [-0.1, -0.05) is 53.7 Å². The average Bonchev–Trinajstić information content (AvgIpc) is 2.57. The monoisotopic (exact) mass is 304 g/mol. The molecule has 0 aliphatic rings. The molecule has 0 atom stereocenters. The summed E-state index contributed by atoms with van der Waals surface area (Å²) in [6.07, 6.45) is 0. The number of rotatable bonds is 4. The Labute approximate surface area is 134 Å². The van der Waals surface area contributed by atoms with Gasteiger partial charge < -0.3 is 0 Å². The third kappa shape index (κ3) is 4.06. The summed E-state index contributed by atoms with van der Waals surface area (Å²) in [6, 6.07) is 26.4. The summed E-state index contributed by atoms with van der Waals surface area (Å²) in [4.78, 5) is 2.39. The van der Waals surface area contributed by atoms with E-state index >= 15 is 0 Å². The molecule has 0 N–H and O–H groups in total. The number of benzene rings is 3. The van der Waals surface area contributed by atoms with Crippen molar-refractivity contribution in [2.45, 2.75) is 16.7 Å². The predicted molar refractivity (Wildman–Crippen MR) is 92.4 cm³/mol. The molecule has 0 amide bonds. The van der Waals surface area contributed by atoms with E-state index in [4.69, 9.17) is 0 Å². The third-order valence-corrected chi connectivity index (χ3v) is 4.11. The SMILES string of the molecule is Cc1ccc(Sc2cccc(N=Nc3ccccc3)c2)cc1. The van der Waals surface area contributed by atoms with Crippen molar-refractivity contribution < 1.29 is 0 Å². The molecule has 3 heteroatoms. The Morgan fingerprint density at radius 2 is 1.32 bits per heavy atom. The lowest BCUT2D eigenvalue weighted by Crippen LogP contribution is -1.75. The molecule has 0 saturated carbocycles. The second-order valence-corrected chi connectivity index (χ2v) is 6.09. The van der Waals surface area contributed by atoms with E-state index in [0.29, 0.717) is 0 Å². The topological polar surface area (TPSA) is 24.7 Å². The minimum absolute atomic E-state index is 0.860. The molecule has 0 spiro atoms. The quantitative estimate of drug-likeness (QED) is 0.501. The van der Waals surface area contributed by atoms with Gasteiger partial charge in [0, 0.05) is 9.79 Å². The Kier molecular flexibility index (Phi) is 4.66. The first-order valence-electron chi connectivity index (χ1n) is 7.11. The van der Waals surface area contributed by atoms with Gasteiger partial charge in [-0.2, -0.15) is 10.2 Å². The van der Waals surface area contributed by atoms with Crippen molar-refractivity contribution in [3.63, 3.8) is 0 Å². The van der Waals surface area contributed by atoms with Gasteiger partial charge in [-0.15, -0.1) is 0 Å². The largest absolute Gasteiger partial charge is 0.151 e. The molecule has 0 aliphatic heterocycles. The van der Waals surface area contributed by atoms with E-state index in [1.807, 2.05) is 42.5 Å². The molecule has 3 aromatic rings. The summed E-state index contributed by atoms with van der Waals surface area (Å²) in [5.74, 6) is 0. The first-order chi connectivity index (χ1) is 10.8. The average molecular weight is 304 g/mol. The van der Waals surface area contributed by atoms with E-state index in [1.165, 1.54) is 10.5 Å². The highest BCUT2D eigenvalue weighted by Crippen LogP contribution is 2.30. The second kappa shape index (κ2) is 7.05. The maximum absolute atomic E-state index is 4.30. The standard InChI is InChI=1S/C19H16N2S/c1-15-10-12-18(13-11-15)22-19-9-5-8-17(14-19)21-20-16-6-3-2-4-7-16/h2-14H,1H3. The molecule has 0 radical (unpaired) electrons. The fraction of sp³-hybridized carbons (Fsp3) is 0.0526. The molecular weight excluding hydrogens is 288 g/mol. The zero-order valence-corrected chi connectivity index (χ0v) is 13.1. The van der Waals surface area contributed by atoms with Crippen molar-refractivity contribution in [2.75, 3.05) is 0 Å². The molecular formula is C19H16N2S. The number of hydrogen-bond acceptors (Lipinski definition) is 3. The fourth-order valence-electron chi connectivity index (χ4n) is 1.96. The summed E-state index contributed by atoms with van der Waals surface area (Å²) in [6.45, 7) is 2.10. The Balaban J connectivity index is 1.75. The molecule has 108 valence electrons. The number of nitrogens with zero attached hydrogens (tertiary/aromatic N) is 2. The first-order valence-corrected chi connectivity index (χ1v) is 7.93. The van der Waals surface area contributed by atoms with Crippen LogP contribution in [0.1, 0.15) is 5.56 Å². The van der Waals surface area contributed by atoms with Crippen molar-refractivity contribution in [1.29, 1.82) is 0 Å². The van der Waals surface area contributed by atoms with Crippen LogP contribution in [-0.4, -0.2) is 0 Å². The Hall–Kier alpha value is -2.39. The van der Waals surface area contributed by atoms with Crippen molar-refractivity contribution >= 4 is 23.1 Å². The van der Waals surface area contributed by atoms with Gasteiger partial charge >= 0.3 is 0 Å². The molecule has 0 bridgehead atoms. The van der Waals surface area contributed by atoms with Gasteiger partial charge in [0.1, 0.15) is 0 Å². The lowest BCUT2D eigenvalue weighted by Gasteiger charge is -2.03. The molecule has 0 fully saturated rings. The summed E-state index contributed by atoms with van der Waals surface area (Å²) in [5, 5.41) is 8.56. The highest BCUT2D eigenvalue weighted by molar-refractivity contribution is 7.99. The molecule has 0 aromatic heterocycles. The minimum Gasteiger partial charge on any atom is -0.151 e. The van der Waals surface area contributed by atoms with Crippen LogP contribution in [0, 0.1) is 6.92 Å². The molecule has 0 unspecified atom stereocenters. The van der Waals surface area contributed by atoms with Crippen LogP contribution >= 0.6 is 11.8 Å². The number of azo groups is 1. The maximum atomic E-state index is 4.30. The molecule has 0 heterocycles. The highest BCUT2D eigenvalue weighted by atomic mass is 32.2. The molecule has 22 heavy (non-hydrogen) atoms. The van der Waals surface area contributed by atoms with Crippen LogP contribution in [0.5, 0.6) is 0 Å². The molecule has 3 aromatic carbocycles. The van der Waals surface area contributed by atoms with Crippen LogP contribution in [0.15, 0.2) is 98.9 Å². The summed E-state index contributed by atoms with van der Waals surface area (Å²) in [7, 11) is 0. The van der Waals surface area contributed by atoms with Crippen molar-refractivity contribution in [3.8, 4) is 0 Å². The van der Waals surface area contributed by atoms with Gasteiger partial charge in [-0.25, -0.2) is 0 Å². The summed E-state index contributed by atoms with van der Waals surface area (Å²) in [5.41, 5.74) is 3.00. The van der Waals surface area contributed by atoms with Crippen LogP contribution in [0.4, 0.5) is 11.4 Å². The van der Waals surface area contributed by atoms with Crippen molar-refractivity contribution in [3.05, 3.63) is 84.4 Å². The van der Waals surface area contributed by atoms with Gasteiger partial charge in [-0.3, -0.25) is 0 Å². The fourth-order valence-corrected chi connectivity index (χ4v) is 2.83. The smallest absolute Gasteiger partial charge is 0.0868 e. The third-order valence-electron chi connectivity index (χ3n) is 3.11. The summed E-state index contributed by atoms with van der Waals surface area (Å²) >= 11 is 1.73. The van der Waals surface area contributed by atoms with E-state index in [9.17, 15) is 0 Å². The van der Waals surface area contributed by atoms with Gasteiger partial charge in [0.15, 0.2) is 0 Å². The molecule has 3 rings (SSSR count). The van der Waals surface area contributed by atoms with E-state index in [1.54, 1.807) is 11.8 Å². The zero-order valence-electron chi connectivity index (χ0n) is 12.3. The Morgan fingerprint density at radius 1 is 0.636 bits per heavy atom. The van der Waals surface area contributed by atoms with E-state index in [0.717, 1.165) is 16.3 Å². The van der Waals surface area contributed by atoms with E-state index in [-0.39, 0.29) is 0 Å². The molecule has 2 nitrogen and oxygen atoms in total. The maximum Gasteiger partial charge on any atom is 0.0868 e. The van der Waals surface area contributed by atoms with Crippen LogP contribution in [-0.2, 0) is 0 Å². The predicted octanol–water partition coefficient (Wildman–Crippen LogP) is 6.56. The lowest BCUT2D eigenvalue weighted by atomic mass is 10.2. The van der Waals surface area contributed by atoms with Gasteiger partial charge in [0.2, 0.25) is 0 Å². The van der Waals surface area contributed by atoms with Gasteiger partial charge in [0.05, 0.1) is 11.4 Å². The van der Waals surface area contributed by atoms with Crippen molar-refractivity contribution in [1.82, 2.24) is 0 Å². The highest BCUT2D eigenvalue weighted by Gasteiger charge is 1.99. The summed E-state index contributed by atoms with van der Waals surface area (Å²) < 4.78 is 0. The first kappa shape index (κ1) is 14.5. The van der Waals surface area contributed by atoms with E-state index in [2.05, 4.69) is 53.6 Å². The molecule has 0 aliphatic carbocycles. The van der Waals surface area contributed by atoms with Crippen molar-refractivity contribution in [2.24, 2.45) is 10.2 Å². The lowest BCUT2D eigenvalue weighted by molar-refractivity contribution is 1.22.